The van der Waals surface area contributed by atoms with E-state index in [1.807, 2.05) is 6.92 Å². The van der Waals surface area contributed by atoms with E-state index in [1.54, 1.807) is 36.4 Å². The zero-order chi connectivity index (χ0) is 25.0. The molecule has 7 nitrogen and oxygen atoms in total. The molecule has 0 aliphatic carbocycles. The van der Waals surface area contributed by atoms with Crippen molar-refractivity contribution in [3.05, 3.63) is 84.2 Å². The molecule has 0 aliphatic heterocycles. The number of nitrogens with one attached hydrogen (secondary N) is 2. The minimum absolute atomic E-state index is 0.149. The van der Waals surface area contributed by atoms with Gasteiger partial charge in [-0.3, -0.25) is 9.59 Å². The van der Waals surface area contributed by atoms with Crippen LogP contribution >= 0.6 is 0 Å². The van der Waals surface area contributed by atoms with E-state index in [0.717, 1.165) is 4.57 Å². The number of nitrogens with zero attached hydrogens (tertiary/aromatic N) is 2. The Labute approximate surface area is 198 Å². The Bertz CT molecular complexity index is 1350. The van der Waals surface area contributed by atoms with E-state index in [9.17, 15) is 22.8 Å². The van der Waals surface area contributed by atoms with Crippen LogP contribution in [0.2, 0.25) is 0 Å². The third kappa shape index (κ3) is 5.60. The summed E-state index contributed by atoms with van der Waals surface area (Å²) in [5, 5.41) is 5.31. The van der Waals surface area contributed by atoms with Gasteiger partial charge in [0.15, 0.2) is 0 Å². The van der Waals surface area contributed by atoms with Crippen molar-refractivity contribution in [1.82, 2.24) is 9.55 Å². The lowest BCUT2D eigenvalue weighted by Crippen LogP contribution is -2.23. The first kappa shape index (κ1) is 23.8. The summed E-state index contributed by atoms with van der Waals surface area (Å²) in [5.41, 5.74) is 1.62. The third-order valence-corrected chi connectivity index (χ3v) is 5.06. The number of ether oxygens (including phenoxy) is 1. The van der Waals surface area contributed by atoms with Crippen molar-refractivity contribution in [3.8, 4) is 5.75 Å². The number of fused-ring (bicyclic) bond motifs is 1. The fraction of sp³-hybridized carbons (Fsp3) is 0.160. The maximum atomic E-state index is 13.4. The Morgan fingerprint density at radius 3 is 2.20 bits per heavy atom. The van der Waals surface area contributed by atoms with Crippen LogP contribution in [-0.4, -0.2) is 28.0 Å². The maximum Gasteiger partial charge on any atom is 0.449 e. The molecular formula is C25H21F3N4O3. The van der Waals surface area contributed by atoms with Crippen molar-refractivity contribution in [1.29, 1.82) is 0 Å². The van der Waals surface area contributed by atoms with Gasteiger partial charge in [0.25, 0.3) is 5.91 Å². The standard InChI is InChI=1S/C25H21F3N4O3/c1-2-35-19-13-11-18(12-14-19)30-23(34)16-7-9-17(10-8-16)29-22(33)15-32-21-6-4-3-5-20(21)31-24(32)25(26,27)28/h3-14H,2,15H2,1H3,(H,29,33)(H,30,34). The number of anilines is 2. The van der Waals surface area contributed by atoms with Crippen LogP contribution in [0.3, 0.4) is 0 Å². The molecule has 0 unspecified atom stereocenters. The number of amides is 2. The van der Waals surface area contributed by atoms with Crippen molar-refractivity contribution < 1.29 is 27.5 Å². The van der Waals surface area contributed by atoms with Crippen LogP contribution < -0.4 is 15.4 Å². The molecule has 0 saturated carbocycles. The molecule has 1 heterocycles. The van der Waals surface area contributed by atoms with Gasteiger partial charge in [-0.1, -0.05) is 12.1 Å². The summed E-state index contributed by atoms with van der Waals surface area (Å²) < 4.78 is 46.5. The summed E-state index contributed by atoms with van der Waals surface area (Å²) in [5.74, 6) is -1.47. The molecule has 0 saturated heterocycles. The highest BCUT2D eigenvalue weighted by Crippen LogP contribution is 2.31. The van der Waals surface area contributed by atoms with E-state index in [1.165, 1.54) is 36.4 Å². The molecule has 0 spiro atoms. The summed E-state index contributed by atoms with van der Waals surface area (Å²) >= 11 is 0. The topological polar surface area (TPSA) is 85.3 Å². The van der Waals surface area contributed by atoms with Gasteiger partial charge in [0.2, 0.25) is 11.7 Å². The number of alkyl halides is 3. The number of rotatable bonds is 7. The quantitative estimate of drug-likeness (QED) is 0.372. The van der Waals surface area contributed by atoms with Crippen molar-refractivity contribution in [2.24, 2.45) is 0 Å². The smallest absolute Gasteiger partial charge is 0.449 e. The van der Waals surface area contributed by atoms with Crippen molar-refractivity contribution in [2.45, 2.75) is 19.6 Å². The van der Waals surface area contributed by atoms with Crippen LogP contribution in [-0.2, 0) is 17.5 Å². The maximum absolute atomic E-state index is 13.4. The van der Waals surface area contributed by atoms with Crippen molar-refractivity contribution >= 4 is 34.2 Å². The van der Waals surface area contributed by atoms with Gasteiger partial charge in [0.1, 0.15) is 12.3 Å². The minimum Gasteiger partial charge on any atom is -0.494 e. The molecule has 10 heteroatoms. The average molecular weight is 482 g/mol. The lowest BCUT2D eigenvalue weighted by atomic mass is 10.2. The molecule has 3 aromatic carbocycles. The van der Waals surface area contributed by atoms with Gasteiger partial charge in [-0.15, -0.1) is 0 Å². The second-order valence-corrected chi connectivity index (χ2v) is 7.55. The number of para-hydroxylation sites is 2. The summed E-state index contributed by atoms with van der Waals surface area (Å²) in [6.45, 7) is 1.84. The molecule has 0 radical (unpaired) electrons. The van der Waals surface area contributed by atoms with Crippen LogP contribution in [0.5, 0.6) is 5.75 Å². The van der Waals surface area contributed by atoms with Crippen LogP contribution in [0.25, 0.3) is 11.0 Å². The van der Waals surface area contributed by atoms with Crippen LogP contribution in [0.1, 0.15) is 23.1 Å². The first-order chi connectivity index (χ1) is 16.7. The van der Waals surface area contributed by atoms with Crippen LogP contribution in [0, 0.1) is 0 Å². The summed E-state index contributed by atoms with van der Waals surface area (Å²) in [6, 6.07) is 19.0. The Balaban J connectivity index is 1.42. The number of benzene rings is 3. The lowest BCUT2D eigenvalue weighted by Gasteiger charge is -2.12. The number of aromatic nitrogens is 2. The summed E-state index contributed by atoms with van der Waals surface area (Å²) in [7, 11) is 0. The predicted molar refractivity (Wildman–Crippen MR) is 125 cm³/mol. The van der Waals surface area contributed by atoms with E-state index in [2.05, 4.69) is 15.6 Å². The number of halogens is 3. The number of imidazole rings is 1. The van der Waals surface area contributed by atoms with Crippen LogP contribution in [0.15, 0.2) is 72.8 Å². The zero-order valence-electron chi connectivity index (χ0n) is 18.6. The Morgan fingerprint density at radius 1 is 0.914 bits per heavy atom. The number of carbonyl (C=O) groups is 2. The molecule has 2 amide bonds. The van der Waals surface area contributed by atoms with E-state index in [-0.39, 0.29) is 16.9 Å². The largest absolute Gasteiger partial charge is 0.494 e. The zero-order valence-corrected chi connectivity index (χ0v) is 18.6. The molecule has 180 valence electrons. The van der Waals surface area contributed by atoms with E-state index in [0.29, 0.717) is 29.3 Å². The molecular weight excluding hydrogens is 461 g/mol. The first-order valence-corrected chi connectivity index (χ1v) is 10.7. The monoisotopic (exact) mass is 482 g/mol. The number of hydrogen-bond donors (Lipinski definition) is 2. The molecule has 0 aliphatic rings. The molecule has 35 heavy (non-hydrogen) atoms. The highest BCUT2D eigenvalue weighted by Gasteiger charge is 2.38. The molecule has 1 aromatic heterocycles. The van der Waals surface area contributed by atoms with E-state index < -0.39 is 24.5 Å². The average Bonchev–Trinajstić information content (AvgIpc) is 3.20. The van der Waals surface area contributed by atoms with Crippen molar-refractivity contribution in [2.75, 3.05) is 17.2 Å². The highest BCUT2D eigenvalue weighted by atomic mass is 19.4. The molecule has 4 aromatic rings. The minimum atomic E-state index is -4.71. The van der Waals surface area contributed by atoms with E-state index in [4.69, 9.17) is 4.74 Å². The molecule has 0 atom stereocenters. The second-order valence-electron chi connectivity index (χ2n) is 7.55. The highest BCUT2D eigenvalue weighted by molar-refractivity contribution is 6.04. The number of carbonyl (C=O) groups excluding carboxylic acids is 2. The Morgan fingerprint density at radius 2 is 1.54 bits per heavy atom. The predicted octanol–water partition coefficient (Wildman–Crippen LogP) is 5.34. The van der Waals surface area contributed by atoms with Gasteiger partial charge in [-0.05, 0) is 67.6 Å². The molecule has 4 rings (SSSR count). The SMILES string of the molecule is CCOc1ccc(NC(=O)c2ccc(NC(=O)Cn3c(C(F)(F)F)nc4ccccc43)cc2)cc1. The fourth-order valence-electron chi connectivity index (χ4n) is 3.51. The van der Waals surface area contributed by atoms with Gasteiger partial charge in [-0.2, -0.15) is 13.2 Å². The normalized spacial score (nSPS) is 11.3. The fourth-order valence-corrected chi connectivity index (χ4v) is 3.51. The van der Waals surface area contributed by atoms with Gasteiger partial charge in [0, 0.05) is 16.9 Å². The van der Waals surface area contributed by atoms with Gasteiger partial charge in [0.05, 0.1) is 17.6 Å². The van der Waals surface area contributed by atoms with Gasteiger partial charge >= 0.3 is 6.18 Å². The lowest BCUT2D eigenvalue weighted by molar-refractivity contribution is -0.147. The Hall–Kier alpha value is -4.34. The Kier molecular flexibility index (Phi) is 6.72. The molecule has 2 N–H and O–H groups in total. The van der Waals surface area contributed by atoms with E-state index >= 15 is 0 Å². The first-order valence-electron chi connectivity index (χ1n) is 10.7. The third-order valence-electron chi connectivity index (χ3n) is 5.06. The summed E-state index contributed by atoms with van der Waals surface area (Å²) in [4.78, 5) is 28.6. The molecule has 0 bridgehead atoms. The van der Waals surface area contributed by atoms with Gasteiger partial charge < -0.3 is 19.9 Å². The summed E-state index contributed by atoms with van der Waals surface area (Å²) in [6.07, 6.45) is -4.71. The molecule has 0 fully saturated rings. The van der Waals surface area contributed by atoms with Gasteiger partial charge in [-0.25, -0.2) is 4.98 Å². The van der Waals surface area contributed by atoms with Crippen LogP contribution in [0.4, 0.5) is 24.5 Å². The van der Waals surface area contributed by atoms with Crippen molar-refractivity contribution in [3.63, 3.8) is 0 Å². The second kappa shape index (κ2) is 9.88. The number of hydrogen-bond acceptors (Lipinski definition) is 4.